The SMILES string of the molecule is COc1ccc2c(c1)-c1nc(Nc3ccc(OCCO)cc3)ncc1CC2(C)C. The Morgan fingerprint density at radius 3 is 2.59 bits per heavy atom. The summed E-state index contributed by atoms with van der Waals surface area (Å²) in [5, 5.41) is 12.1. The highest BCUT2D eigenvalue weighted by molar-refractivity contribution is 5.74. The first-order chi connectivity index (χ1) is 14.0. The molecule has 1 aliphatic carbocycles. The van der Waals surface area contributed by atoms with E-state index in [0.29, 0.717) is 11.7 Å². The summed E-state index contributed by atoms with van der Waals surface area (Å²) in [5.74, 6) is 2.07. The quantitative estimate of drug-likeness (QED) is 0.659. The molecule has 0 saturated heterocycles. The molecule has 0 bridgehead atoms. The Balaban J connectivity index is 1.64. The van der Waals surface area contributed by atoms with Crippen LogP contribution in [0.1, 0.15) is 25.0 Å². The maximum atomic E-state index is 8.85. The van der Waals surface area contributed by atoms with Crippen molar-refractivity contribution in [1.29, 1.82) is 0 Å². The Labute approximate surface area is 170 Å². The molecular formula is C23H25N3O3. The number of methoxy groups -OCH3 is 1. The van der Waals surface area contributed by atoms with Gasteiger partial charge in [-0.25, -0.2) is 9.97 Å². The molecule has 0 aliphatic heterocycles. The molecule has 6 nitrogen and oxygen atoms in total. The third-order valence-electron chi connectivity index (χ3n) is 5.18. The molecule has 0 amide bonds. The van der Waals surface area contributed by atoms with Crippen LogP contribution >= 0.6 is 0 Å². The van der Waals surface area contributed by atoms with Gasteiger partial charge >= 0.3 is 0 Å². The van der Waals surface area contributed by atoms with Gasteiger partial charge in [0, 0.05) is 17.4 Å². The second-order valence-corrected chi connectivity index (χ2v) is 7.76. The van der Waals surface area contributed by atoms with E-state index in [9.17, 15) is 0 Å². The van der Waals surface area contributed by atoms with E-state index in [4.69, 9.17) is 19.6 Å². The molecule has 0 unspecified atom stereocenters. The second-order valence-electron chi connectivity index (χ2n) is 7.76. The predicted octanol–water partition coefficient (Wildman–Crippen LogP) is 4.10. The summed E-state index contributed by atoms with van der Waals surface area (Å²) >= 11 is 0. The Morgan fingerprint density at radius 2 is 1.86 bits per heavy atom. The first kappa shape index (κ1) is 19.2. The molecule has 29 heavy (non-hydrogen) atoms. The zero-order chi connectivity index (χ0) is 20.4. The van der Waals surface area contributed by atoms with Gasteiger partial charge in [0.15, 0.2) is 0 Å². The van der Waals surface area contributed by atoms with Gasteiger partial charge in [0.25, 0.3) is 0 Å². The molecule has 4 rings (SSSR count). The van der Waals surface area contributed by atoms with Gasteiger partial charge in [-0.2, -0.15) is 0 Å². The van der Waals surface area contributed by atoms with Crippen LogP contribution in [-0.4, -0.2) is 35.4 Å². The van der Waals surface area contributed by atoms with Crippen molar-refractivity contribution in [3.63, 3.8) is 0 Å². The number of hydrogen-bond donors (Lipinski definition) is 2. The number of aliphatic hydroxyl groups is 1. The summed E-state index contributed by atoms with van der Waals surface area (Å²) in [6.45, 7) is 4.76. The van der Waals surface area contributed by atoms with E-state index in [1.165, 1.54) is 5.56 Å². The topological polar surface area (TPSA) is 76.5 Å². The maximum Gasteiger partial charge on any atom is 0.227 e. The molecule has 6 heteroatoms. The highest BCUT2D eigenvalue weighted by Gasteiger charge is 2.32. The first-order valence-corrected chi connectivity index (χ1v) is 9.66. The molecule has 1 heterocycles. The Hall–Kier alpha value is -3.12. The van der Waals surface area contributed by atoms with Gasteiger partial charge in [-0.3, -0.25) is 0 Å². The minimum atomic E-state index is -0.00790. The van der Waals surface area contributed by atoms with Crippen LogP contribution in [0.15, 0.2) is 48.7 Å². The first-order valence-electron chi connectivity index (χ1n) is 9.66. The van der Waals surface area contributed by atoms with Crippen molar-refractivity contribution in [3.05, 3.63) is 59.8 Å². The summed E-state index contributed by atoms with van der Waals surface area (Å²) in [7, 11) is 1.68. The normalized spacial score (nSPS) is 13.9. The average Bonchev–Trinajstić information content (AvgIpc) is 2.73. The van der Waals surface area contributed by atoms with Crippen LogP contribution in [0, 0.1) is 0 Å². The predicted molar refractivity (Wildman–Crippen MR) is 113 cm³/mol. The lowest BCUT2D eigenvalue weighted by molar-refractivity contribution is 0.201. The Morgan fingerprint density at radius 1 is 1.10 bits per heavy atom. The standard InChI is InChI=1S/C23H25N3O3/c1-23(2)13-15-14-24-22(25-16-4-6-17(7-5-16)29-11-10-27)26-21(15)19-12-18(28-3)8-9-20(19)23/h4-9,12,14,27H,10-11,13H2,1-3H3,(H,24,25,26). The molecule has 0 radical (unpaired) electrons. The number of nitrogens with one attached hydrogen (secondary N) is 1. The fourth-order valence-electron chi connectivity index (χ4n) is 3.76. The van der Waals surface area contributed by atoms with E-state index in [1.807, 2.05) is 36.5 Å². The number of fused-ring (bicyclic) bond motifs is 3. The fourth-order valence-corrected chi connectivity index (χ4v) is 3.76. The van der Waals surface area contributed by atoms with E-state index in [0.717, 1.165) is 34.7 Å². The molecular weight excluding hydrogens is 366 g/mol. The van der Waals surface area contributed by atoms with Crippen LogP contribution in [-0.2, 0) is 11.8 Å². The van der Waals surface area contributed by atoms with Crippen molar-refractivity contribution in [1.82, 2.24) is 9.97 Å². The maximum absolute atomic E-state index is 8.85. The van der Waals surface area contributed by atoms with Gasteiger partial charge in [0.1, 0.15) is 18.1 Å². The summed E-state index contributed by atoms with van der Waals surface area (Å²) in [6.07, 6.45) is 2.80. The highest BCUT2D eigenvalue weighted by Crippen LogP contribution is 2.43. The van der Waals surface area contributed by atoms with Gasteiger partial charge < -0.3 is 19.9 Å². The lowest BCUT2D eigenvalue weighted by Crippen LogP contribution is -2.26. The van der Waals surface area contributed by atoms with Crippen molar-refractivity contribution < 1.29 is 14.6 Å². The van der Waals surface area contributed by atoms with Gasteiger partial charge in [-0.05, 0) is 59.4 Å². The van der Waals surface area contributed by atoms with Crippen molar-refractivity contribution in [2.24, 2.45) is 0 Å². The van der Waals surface area contributed by atoms with Crippen LogP contribution in [0.4, 0.5) is 11.6 Å². The number of anilines is 2. The lowest BCUT2D eigenvalue weighted by Gasteiger charge is -2.33. The van der Waals surface area contributed by atoms with Crippen molar-refractivity contribution in [3.8, 4) is 22.8 Å². The smallest absolute Gasteiger partial charge is 0.227 e. The van der Waals surface area contributed by atoms with Crippen LogP contribution in [0.5, 0.6) is 11.5 Å². The van der Waals surface area contributed by atoms with Gasteiger partial charge in [-0.15, -0.1) is 0 Å². The summed E-state index contributed by atoms with van der Waals surface area (Å²) in [6, 6.07) is 13.7. The van der Waals surface area contributed by atoms with E-state index in [1.54, 1.807) is 7.11 Å². The van der Waals surface area contributed by atoms with Crippen molar-refractivity contribution >= 4 is 11.6 Å². The zero-order valence-electron chi connectivity index (χ0n) is 16.9. The molecule has 0 saturated carbocycles. The number of ether oxygens (including phenoxy) is 2. The third-order valence-corrected chi connectivity index (χ3v) is 5.18. The van der Waals surface area contributed by atoms with Gasteiger partial charge in [0.05, 0.1) is 19.4 Å². The molecule has 3 aromatic rings. The Kier molecular flexibility index (Phi) is 5.11. The monoisotopic (exact) mass is 391 g/mol. The van der Waals surface area contributed by atoms with Crippen LogP contribution in [0.2, 0.25) is 0 Å². The largest absolute Gasteiger partial charge is 0.497 e. The van der Waals surface area contributed by atoms with Crippen molar-refractivity contribution in [2.75, 3.05) is 25.6 Å². The number of hydrogen-bond acceptors (Lipinski definition) is 6. The van der Waals surface area contributed by atoms with Crippen LogP contribution in [0.3, 0.4) is 0 Å². The van der Waals surface area contributed by atoms with Gasteiger partial charge in [0.2, 0.25) is 5.95 Å². The minimum absolute atomic E-state index is 0.00790. The number of aliphatic hydroxyl groups excluding tert-OH is 1. The van der Waals surface area contributed by atoms with E-state index in [-0.39, 0.29) is 18.6 Å². The summed E-state index contributed by atoms with van der Waals surface area (Å²) < 4.78 is 10.8. The average molecular weight is 391 g/mol. The summed E-state index contributed by atoms with van der Waals surface area (Å²) in [5.41, 5.74) is 5.31. The third kappa shape index (κ3) is 3.89. The number of nitrogens with zero attached hydrogens (tertiary/aromatic N) is 2. The van der Waals surface area contributed by atoms with E-state index >= 15 is 0 Å². The van der Waals surface area contributed by atoms with Gasteiger partial charge in [-0.1, -0.05) is 19.9 Å². The number of aromatic nitrogens is 2. The van der Waals surface area contributed by atoms with Crippen LogP contribution in [0.25, 0.3) is 11.3 Å². The van der Waals surface area contributed by atoms with E-state index < -0.39 is 0 Å². The molecule has 1 aromatic heterocycles. The molecule has 0 spiro atoms. The molecule has 0 fully saturated rings. The van der Waals surface area contributed by atoms with Crippen molar-refractivity contribution in [2.45, 2.75) is 25.7 Å². The zero-order valence-corrected chi connectivity index (χ0v) is 16.9. The molecule has 0 atom stereocenters. The minimum Gasteiger partial charge on any atom is -0.497 e. The van der Waals surface area contributed by atoms with E-state index in [2.05, 4.69) is 36.3 Å². The number of rotatable bonds is 6. The second kappa shape index (κ2) is 7.72. The summed E-state index contributed by atoms with van der Waals surface area (Å²) in [4.78, 5) is 9.34. The van der Waals surface area contributed by atoms with Crippen LogP contribution < -0.4 is 14.8 Å². The number of benzene rings is 2. The Bertz CT molecular complexity index is 1020. The lowest BCUT2D eigenvalue weighted by atomic mass is 9.72. The molecule has 2 aromatic carbocycles. The molecule has 1 aliphatic rings. The highest BCUT2D eigenvalue weighted by atomic mass is 16.5. The molecule has 2 N–H and O–H groups in total. The molecule has 150 valence electrons. The fraction of sp³-hybridized carbons (Fsp3) is 0.304.